The fraction of sp³-hybridized carbons (Fsp3) is 0.391. The number of benzene rings is 1. The first kappa shape index (κ1) is 20.5. The minimum absolute atomic E-state index is 0.310. The molecule has 3 saturated heterocycles. The summed E-state index contributed by atoms with van der Waals surface area (Å²) in [5.74, 6) is 0.946. The van der Waals surface area contributed by atoms with Crippen LogP contribution in [0.5, 0.6) is 0 Å². The van der Waals surface area contributed by atoms with Gasteiger partial charge in [0, 0.05) is 30.6 Å². The predicted octanol–water partition coefficient (Wildman–Crippen LogP) is 3.60. The van der Waals surface area contributed by atoms with Crippen molar-refractivity contribution in [2.24, 2.45) is 10.9 Å². The fourth-order valence-corrected chi connectivity index (χ4v) is 5.11. The van der Waals surface area contributed by atoms with Crippen LogP contribution in [0.1, 0.15) is 24.1 Å². The zero-order valence-electron chi connectivity index (χ0n) is 17.7. The molecule has 0 amide bonds. The maximum Gasteiger partial charge on any atom is 0.416 e. The molecule has 2 bridgehead atoms. The van der Waals surface area contributed by atoms with E-state index in [9.17, 15) is 13.2 Å². The maximum absolute atomic E-state index is 13.3. The number of nitrogens with zero attached hydrogens (tertiary/aromatic N) is 4. The Balaban J connectivity index is 1.32. The highest BCUT2D eigenvalue weighted by Gasteiger charge is 2.36. The number of fused-ring (bicyclic) bond motifs is 4. The number of rotatable bonds is 4. The summed E-state index contributed by atoms with van der Waals surface area (Å²) in [5.41, 5.74) is 1.40. The second kappa shape index (κ2) is 7.74. The third-order valence-electron chi connectivity index (χ3n) is 6.78. The van der Waals surface area contributed by atoms with Gasteiger partial charge in [-0.15, -0.1) is 0 Å². The first-order valence-electron chi connectivity index (χ1n) is 11.1. The molecule has 10 heteroatoms. The van der Waals surface area contributed by atoms with Crippen molar-refractivity contribution in [1.29, 1.82) is 0 Å². The van der Waals surface area contributed by atoms with Gasteiger partial charge >= 0.3 is 12.0 Å². The Morgan fingerprint density at radius 2 is 2.03 bits per heavy atom. The van der Waals surface area contributed by atoms with Gasteiger partial charge in [0.15, 0.2) is 6.29 Å². The van der Waals surface area contributed by atoms with E-state index in [2.05, 4.69) is 25.5 Å². The molecule has 7 nitrogen and oxygen atoms in total. The molecule has 172 valence electrons. The van der Waals surface area contributed by atoms with Crippen molar-refractivity contribution >= 4 is 17.8 Å². The van der Waals surface area contributed by atoms with E-state index in [4.69, 9.17) is 4.42 Å². The molecular formula is C23H23F3N6O. The minimum Gasteiger partial charge on any atom is -0.432 e. The summed E-state index contributed by atoms with van der Waals surface area (Å²) in [6.07, 6.45) is 4.35. The van der Waals surface area contributed by atoms with Crippen LogP contribution in [0.3, 0.4) is 0 Å². The van der Waals surface area contributed by atoms with Gasteiger partial charge in [0.2, 0.25) is 0 Å². The predicted molar refractivity (Wildman–Crippen MR) is 117 cm³/mol. The number of alkyl halides is 3. The SMILES string of the molecule is FC(F)(F)c1cccc(-c2nc3occn3c2C2=CC=NC(NC3CN4CCC3CC4)N2)c1. The molecule has 2 atom stereocenters. The number of hydrogen-bond donors (Lipinski definition) is 2. The summed E-state index contributed by atoms with van der Waals surface area (Å²) in [6.45, 7) is 3.32. The number of aromatic nitrogens is 2. The van der Waals surface area contributed by atoms with Crippen LogP contribution in [0, 0.1) is 5.92 Å². The van der Waals surface area contributed by atoms with Crippen LogP contribution in [0.15, 0.2) is 52.2 Å². The number of piperidine rings is 3. The quantitative estimate of drug-likeness (QED) is 0.628. The molecule has 1 aromatic carbocycles. The molecule has 4 aliphatic rings. The van der Waals surface area contributed by atoms with E-state index >= 15 is 0 Å². The lowest BCUT2D eigenvalue weighted by atomic mass is 9.84. The van der Waals surface area contributed by atoms with Crippen LogP contribution in [0.25, 0.3) is 22.8 Å². The van der Waals surface area contributed by atoms with Crippen LogP contribution >= 0.6 is 0 Å². The van der Waals surface area contributed by atoms with E-state index in [1.807, 2.05) is 6.08 Å². The van der Waals surface area contributed by atoms with E-state index in [0.717, 1.165) is 31.8 Å². The van der Waals surface area contributed by atoms with Gasteiger partial charge in [-0.1, -0.05) is 12.1 Å². The molecule has 0 aliphatic carbocycles. The van der Waals surface area contributed by atoms with E-state index < -0.39 is 11.7 Å². The van der Waals surface area contributed by atoms with Gasteiger partial charge in [-0.3, -0.25) is 14.7 Å². The highest BCUT2D eigenvalue weighted by molar-refractivity contribution is 5.89. The summed E-state index contributed by atoms with van der Waals surface area (Å²) in [7, 11) is 0. The molecule has 3 fully saturated rings. The second-order valence-corrected chi connectivity index (χ2v) is 8.78. The van der Waals surface area contributed by atoms with Crippen molar-refractivity contribution in [3.05, 3.63) is 54.1 Å². The molecular weight excluding hydrogens is 433 g/mol. The van der Waals surface area contributed by atoms with Crippen molar-refractivity contribution < 1.29 is 17.6 Å². The van der Waals surface area contributed by atoms with Gasteiger partial charge in [-0.05, 0) is 50.1 Å². The highest BCUT2D eigenvalue weighted by Crippen LogP contribution is 2.35. The van der Waals surface area contributed by atoms with E-state index in [1.54, 1.807) is 22.9 Å². The number of oxazole rings is 1. The number of hydrogen-bond acceptors (Lipinski definition) is 6. The lowest BCUT2D eigenvalue weighted by Gasteiger charge is -2.46. The monoisotopic (exact) mass is 456 g/mol. The first-order valence-corrected chi connectivity index (χ1v) is 11.1. The lowest BCUT2D eigenvalue weighted by Crippen LogP contribution is -2.60. The molecule has 7 rings (SSSR count). The van der Waals surface area contributed by atoms with Gasteiger partial charge in [0.25, 0.3) is 0 Å². The molecule has 2 N–H and O–H groups in total. The normalized spacial score (nSPS) is 27.1. The second-order valence-electron chi connectivity index (χ2n) is 8.78. The van der Waals surface area contributed by atoms with Crippen molar-refractivity contribution in [3.8, 4) is 11.3 Å². The molecule has 33 heavy (non-hydrogen) atoms. The number of allylic oxidation sites excluding steroid dienone is 1. The topological polar surface area (TPSA) is 70.1 Å². The zero-order valence-corrected chi connectivity index (χ0v) is 17.7. The summed E-state index contributed by atoms with van der Waals surface area (Å²) in [5, 5.41) is 7.03. The Morgan fingerprint density at radius 1 is 1.18 bits per heavy atom. The molecule has 3 aromatic rings. The average Bonchev–Trinajstić information content (AvgIpc) is 3.41. The van der Waals surface area contributed by atoms with Gasteiger partial charge < -0.3 is 14.6 Å². The van der Waals surface area contributed by atoms with E-state index in [-0.39, 0.29) is 6.29 Å². The van der Waals surface area contributed by atoms with Gasteiger partial charge in [0.05, 0.1) is 17.0 Å². The zero-order chi connectivity index (χ0) is 22.6. The Hall–Kier alpha value is -3.11. The van der Waals surface area contributed by atoms with Crippen LogP contribution in [-0.2, 0) is 6.18 Å². The van der Waals surface area contributed by atoms with Gasteiger partial charge in [0.1, 0.15) is 12.0 Å². The Morgan fingerprint density at radius 3 is 2.79 bits per heavy atom. The molecule has 0 saturated carbocycles. The van der Waals surface area contributed by atoms with Crippen molar-refractivity contribution in [2.45, 2.75) is 31.3 Å². The molecule has 2 aromatic heterocycles. The number of imidazole rings is 1. The van der Waals surface area contributed by atoms with Crippen LogP contribution in [0.2, 0.25) is 0 Å². The van der Waals surface area contributed by atoms with Crippen LogP contribution in [-0.4, -0.2) is 52.5 Å². The third kappa shape index (κ3) is 3.72. The lowest BCUT2D eigenvalue weighted by molar-refractivity contribution is -0.137. The van der Waals surface area contributed by atoms with Gasteiger partial charge in [-0.25, -0.2) is 0 Å². The molecule has 4 aliphatic heterocycles. The van der Waals surface area contributed by atoms with E-state index in [0.29, 0.717) is 40.5 Å². The molecule has 6 heterocycles. The van der Waals surface area contributed by atoms with Crippen molar-refractivity contribution in [3.63, 3.8) is 0 Å². The van der Waals surface area contributed by atoms with Crippen molar-refractivity contribution in [1.82, 2.24) is 24.9 Å². The minimum atomic E-state index is -4.44. The number of aliphatic imine (C=N–C) groups is 1. The number of halogens is 3. The largest absolute Gasteiger partial charge is 0.432 e. The van der Waals surface area contributed by atoms with Crippen LogP contribution in [0.4, 0.5) is 13.2 Å². The van der Waals surface area contributed by atoms with Gasteiger partial charge in [-0.2, -0.15) is 18.2 Å². The Bertz CT molecular complexity index is 1230. The Labute approximate surface area is 188 Å². The van der Waals surface area contributed by atoms with Crippen LogP contribution < -0.4 is 10.6 Å². The standard InChI is InChI=1S/C23H23F3N6O/c24-23(25,26)16-3-1-2-15(12-16)19-20(32-10-11-33-22(32)30-19)17-4-7-27-21(28-17)29-18-13-31-8-5-14(18)6-9-31/h1-4,7,10-12,14,18,21,28-29H,5-6,8-9,13H2. The number of nitrogens with one attached hydrogen (secondary N) is 2. The van der Waals surface area contributed by atoms with Crippen molar-refractivity contribution in [2.75, 3.05) is 19.6 Å². The first-order chi connectivity index (χ1) is 16.0. The molecule has 0 radical (unpaired) electrons. The summed E-state index contributed by atoms with van der Waals surface area (Å²) in [4.78, 5) is 11.5. The Kier molecular flexibility index (Phi) is 4.81. The van der Waals surface area contributed by atoms with E-state index in [1.165, 1.54) is 25.2 Å². The average molecular weight is 456 g/mol. The molecule has 0 spiro atoms. The maximum atomic E-state index is 13.3. The highest BCUT2D eigenvalue weighted by atomic mass is 19.4. The smallest absolute Gasteiger partial charge is 0.416 e. The molecule has 2 unspecified atom stereocenters. The summed E-state index contributed by atoms with van der Waals surface area (Å²) in [6, 6.07) is 5.54. The summed E-state index contributed by atoms with van der Waals surface area (Å²) < 4.78 is 47.2. The third-order valence-corrected chi connectivity index (χ3v) is 6.78. The fourth-order valence-electron chi connectivity index (χ4n) is 5.11. The summed E-state index contributed by atoms with van der Waals surface area (Å²) >= 11 is 0.